The van der Waals surface area contributed by atoms with E-state index in [0.29, 0.717) is 17.7 Å². The molecular formula is C12H20N2O2. The minimum absolute atomic E-state index is 0.413. The number of rotatable bonds is 2. The van der Waals surface area contributed by atoms with E-state index in [1.165, 1.54) is 0 Å². The van der Waals surface area contributed by atoms with Crippen molar-refractivity contribution in [1.82, 2.24) is 10.5 Å². The zero-order valence-electron chi connectivity index (χ0n) is 10.2. The molecule has 1 aliphatic rings. The van der Waals surface area contributed by atoms with Crippen LogP contribution in [-0.2, 0) is 5.60 Å². The molecule has 2 heterocycles. The Labute approximate surface area is 96.0 Å². The van der Waals surface area contributed by atoms with E-state index in [1.54, 1.807) is 13.8 Å². The zero-order chi connectivity index (χ0) is 11.8. The lowest BCUT2D eigenvalue weighted by Crippen LogP contribution is -2.35. The van der Waals surface area contributed by atoms with E-state index in [9.17, 15) is 5.11 Å². The summed E-state index contributed by atoms with van der Waals surface area (Å²) in [4.78, 5) is 0. The first-order valence-electron chi connectivity index (χ1n) is 5.89. The number of piperidine rings is 1. The lowest BCUT2D eigenvalue weighted by Gasteiger charge is -2.25. The average Bonchev–Trinajstić information content (AvgIpc) is 2.67. The van der Waals surface area contributed by atoms with Gasteiger partial charge in [0.05, 0.1) is 5.69 Å². The van der Waals surface area contributed by atoms with E-state index in [0.717, 1.165) is 25.1 Å². The Balaban J connectivity index is 2.08. The molecule has 2 N–H and O–H groups in total. The molecule has 16 heavy (non-hydrogen) atoms. The zero-order valence-corrected chi connectivity index (χ0v) is 10.2. The van der Waals surface area contributed by atoms with E-state index in [1.807, 2.05) is 6.07 Å². The summed E-state index contributed by atoms with van der Waals surface area (Å²) in [6, 6.07) is 2.47. The van der Waals surface area contributed by atoms with Crippen LogP contribution in [0, 0.1) is 0 Å². The Morgan fingerprint density at radius 3 is 2.75 bits per heavy atom. The Morgan fingerprint density at radius 1 is 1.50 bits per heavy atom. The van der Waals surface area contributed by atoms with Crippen LogP contribution in [0.5, 0.6) is 0 Å². The van der Waals surface area contributed by atoms with Gasteiger partial charge in [0.1, 0.15) is 5.60 Å². The second-order valence-corrected chi connectivity index (χ2v) is 5.26. The van der Waals surface area contributed by atoms with Gasteiger partial charge in [0, 0.05) is 24.6 Å². The van der Waals surface area contributed by atoms with Gasteiger partial charge in [0.2, 0.25) is 0 Å². The molecule has 90 valence electrons. The van der Waals surface area contributed by atoms with Gasteiger partial charge in [0.15, 0.2) is 5.76 Å². The number of nitrogens with one attached hydrogen (secondary N) is 1. The van der Waals surface area contributed by atoms with Crippen molar-refractivity contribution in [2.24, 2.45) is 0 Å². The predicted molar refractivity (Wildman–Crippen MR) is 61.2 cm³/mol. The molecule has 4 nitrogen and oxygen atoms in total. The smallest absolute Gasteiger partial charge is 0.167 e. The summed E-state index contributed by atoms with van der Waals surface area (Å²) < 4.78 is 5.18. The van der Waals surface area contributed by atoms with Crippen LogP contribution >= 0.6 is 0 Å². The van der Waals surface area contributed by atoms with E-state index >= 15 is 0 Å². The van der Waals surface area contributed by atoms with Crippen LogP contribution < -0.4 is 5.32 Å². The second kappa shape index (κ2) is 4.18. The molecular weight excluding hydrogens is 204 g/mol. The molecule has 1 aliphatic heterocycles. The molecule has 2 atom stereocenters. The van der Waals surface area contributed by atoms with Crippen molar-refractivity contribution in [1.29, 1.82) is 0 Å². The summed E-state index contributed by atoms with van der Waals surface area (Å²) in [5, 5.41) is 17.3. The minimum Gasteiger partial charge on any atom is -0.382 e. The molecule has 0 aliphatic carbocycles. The lowest BCUT2D eigenvalue weighted by atomic mass is 9.92. The van der Waals surface area contributed by atoms with Crippen molar-refractivity contribution in [3.05, 3.63) is 17.5 Å². The quantitative estimate of drug-likeness (QED) is 0.803. The molecule has 1 aromatic heterocycles. The second-order valence-electron chi connectivity index (χ2n) is 5.26. The molecule has 2 rings (SSSR count). The van der Waals surface area contributed by atoms with E-state index in [4.69, 9.17) is 4.52 Å². The number of aliphatic hydroxyl groups is 1. The summed E-state index contributed by atoms with van der Waals surface area (Å²) in [7, 11) is 0. The molecule has 0 bridgehead atoms. The number of aromatic nitrogens is 1. The summed E-state index contributed by atoms with van der Waals surface area (Å²) in [5.41, 5.74) is 0.0113. The third-order valence-corrected chi connectivity index (χ3v) is 3.21. The van der Waals surface area contributed by atoms with E-state index in [2.05, 4.69) is 17.4 Å². The van der Waals surface area contributed by atoms with E-state index < -0.39 is 5.60 Å². The van der Waals surface area contributed by atoms with Crippen molar-refractivity contribution < 1.29 is 9.63 Å². The number of hydrogen-bond acceptors (Lipinski definition) is 4. The average molecular weight is 224 g/mol. The molecule has 0 unspecified atom stereocenters. The Bertz CT molecular complexity index is 346. The Hall–Kier alpha value is -0.870. The monoisotopic (exact) mass is 224 g/mol. The topological polar surface area (TPSA) is 58.3 Å². The molecule has 4 heteroatoms. The first-order chi connectivity index (χ1) is 7.47. The highest BCUT2D eigenvalue weighted by atomic mass is 16.5. The number of hydrogen-bond donors (Lipinski definition) is 2. The highest BCUT2D eigenvalue weighted by Gasteiger charge is 2.26. The molecule has 0 saturated carbocycles. The van der Waals surface area contributed by atoms with Crippen LogP contribution in [0.25, 0.3) is 0 Å². The van der Waals surface area contributed by atoms with Crippen molar-refractivity contribution in [2.45, 2.75) is 51.2 Å². The highest BCUT2D eigenvalue weighted by Crippen LogP contribution is 2.28. The van der Waals surface area contributed by atoms with Crippen LogP contribution in [0.2, 0.25) is 0 Å². The maximum atomic E-state index is 9.79. The molecule has 0 aromatic carbocycles. The molecule has 1 saturated heterocycles. The van der Waals surface area contributed by atoms with Crippen molar-refractivity contribution in [3.63, 3.8) is 0 Å². The van der Waals surface area contributed by atoms with Crippen LogP contribution in [0.1, 0.15) is 51.0 Å². The van der Waals surface area contributed by atoms with Gasteiger partial charge in [0.25, 0.3) is 0 Å². The van der Waals surface area contributed by atoms with Gasteiger partial charge in [-0.2, -0.15) is 0 Å². The number of nitrogens with zero attached hydrogens (tertiary/aromatic N) is 1. The molecule has 1 aromatic rings. The fourth-order valence-electron chi connectivity index (χ4n) is 2.02. The molecule has 1 fully saturated rings. The molecule has 0 spiro atoms. The minimum atomic E-state index is -0.944. The fourth-order valence-corrected chi connectivity index (χ4v) is 2.02. The van der Waals surface area contributed by atoms with Crippen molar-refractivity contribution in [2.75, 3.05) is 6.54 Å². The third kappa shape index (κ3) is 2.44. The summed E-state index contributed by atoms with van der Waals surface area (Å²) in [6.07, 6.45) is 2.29. The van der Waals surface area contributed by atoms with Gasteiger partial charge in [-0.05, 0) is 33.6 Å². The van der Waals surface area contributed by atoms with Crippen molar-refractivity contribution in [3.8, 4) is 0 Å². The van der Waals surface area contributed by atoms with Crippen LogP contribution in [-0.4, -0.2) is 22.8 Å². The predicted octanol–water partition coefficient (Wildman–Crippen LogP) is 1.76. The molecule has 0 amide bonds. The van der Waals surface area contributed by atoms with Crippen molar-refractivity contribution >= 4 is 0 Å². The largest absolute Gasteiger partial charge is 0.382 e. The third-order valence-electron chi connectivity index (χ3n) is 3.21. The van der Waals surface area contributed by atoms with Crippen LogP contribution in [0.4, 0.5) is 0 Å². The fraction of sp³-hybridized carbons (Fsp3) is 0.750. The summed E-state index contributed by atoms with van der Waals surface area (Å²) in [6.45, 7) is 6.55. The van der Waals surface area contributed by atoms with Gasteiger partial charge < -0.3 is 14.9 Å². The Kier molecular flexibility index (Phi) is 3.04. The van der Waals surface area contributed by atoms with E-state index in [-0.39, 0.29) is 0 Å². The summed E-state index contributed by atoms with van der Waals surface area (Å²) in [5.74, 6) is 0.956. The standard InChI is InChI=1S/C12H20N2O2/c1-8-4-5-9(7-13-8)10-6-11(16-14-10)12(2,3)15/h6,8-9,13,15H,4-5,7H2,1-3H3/t8-,9+/m0/s1. The van der Waals surface area contributed by atoms with Gasteiger partial charge in [-0.15, -0.1) is 0 Å². The first-order valence-corrected chi connectivity index (χ1v) is 5.89. The lowest BCUT2D eigenvalue weighted by molar-refractivity contribution is 0.0474. The SMILES string of the molecule is C[C@H]1CC[C@@H](c2cc(C(C)(C)O)on2)CN1. The Morgan fingerprint density at radius 2 is 2.25 bits per heavy atom. The maximum Gasteiger partial charge on any atom is 0.167 e. The summed E-state index contributed by atoms with van der Waals surface area (Å²) >= 11 is 0. The normalized spacial score (nSPS) is 27.0. The first kappa shape index (κ1) is 11.6. The van der Waals surface area contributed by atoms with Gasteiger partial charge in [-0.1, -0.05) is 5.16 Å². The van der Waals surface area contributed by atoms with Gasteiger partial charge >= 0.3 is 0 Å². The highest BCUT2D eigenvalue weighted by molar-refractivity contribution is 5.15. The maximum absolute atomic E-state index is 9.79. The van der Waals surface area contributed by atoms with Gasteiger partial charge in [-0.3, -0.25) is 0 Å². The van der Waals surface area contributed by atoms with Crippen LogP contribution in [0.15, 0.2) is 10.6 Å². The van der Waals surface area contributed by atoms with Gasteiger partial charge in [-0.25, -0.2) is 0 Å². The molecule has 0 radical (unpaired) electrons. The van der Waals surface area contributed by atoms with Crippen LogP contribution in [0.3, 0.4) is 0 Å².